The van der Waals surface area contributed by atoms with Gasteiger partial charge in [-0.25, -0.2) is 0 Å². The van der Waals surface area contributed by atoms with Crippen LogP contribution in [0.5, 0.6) is 0 Å². The molecule has 98 valence electrons. The third-order valence-electron chi connectivity index (χ3n) is 3.57. The molecule has 2 atom stereocenters. The highest BCUT2D eigenvalue weighted by Crippen LogP contribution is 2.22. The summed E-state index contributed by atoms with van der Waals surface area (Å²) in [6.07, 6.45) is 1.94. The molecular formula is C14H19ClN2O. The van der Waals surface area contributed by atoms with Crippen molar-refractivity contribution >= 4 is 17.5 Å². The smallest absolute Gasteiger partial charge is 0.240 e. The zero-order valence-electron chi connectivity index (χ0n) is 10.8. The molecule has 1 aromatic rings. The molecule has 1 aliphatic rings. The van der Waals surface area contributed by atoms with Crippen molar-refractivity contribution in [1.82, 2.24) is 10.6 Å². The zero-order chi connectivity index (χ0) is 13.2. The highest BCUT2D eigenvalue weighted by molar-refractivity contribution is 6.30. The van der Waals surface area contributed by atoms with Crippen molar-refractivity contribution in [2.75, 3.05) is 6.54 Å². The van der Waals surface area contributed by atoms with E-state index in [0.717, 1.165) is 24.9 Å². The van der Waals surface area contributed by atoms with Crippen molar-refractivity contribution in [3.8, 4) is 0 Å². The first-order valence-electron chi connectivity index (χ1n) is 6.33. The maximum Gasteiger partial charge on any atom is 0.240 e. The van der Waals surface area contributed by atoms with E-state index in [-0.39, 0.29) is 11.9 Å². The summed E-state index contributed by atoms with van der Waals surface area (Å²) in [6, 6.07) is 7.56. The SMILES string of the molecule is C[C@H](NC(=O)C1(C)CCCN1)c1cccc(Cl)c1. The molecule has 3 nitrogen and oxygen atoms in total. The Hall–Kier alpha value is -1.06. The van der Waals surface area contributed by atoms with Gasteiger partial charge in [-0.3, -0.25) is 4.79 Å². The van der Waals surface area contributed by atoms with Crippen LogP contribution in [0.3, 0.4) is 0 Å². The first-order chi connectivity index (χ1) is 8.51. The van der Waals surface area contributed by atoms with Gasteiger partial charge in [0.2, 0.25) is 5.91 Å². The summed E-state index contributed by atoms with van der Waals surface area (Å²) in [4.78, 5) is 12.2. The second kappa shape index (κ2) is 5.29. The lowest BCUT2D eigenvalue weighted by atomic mass is 9.98. The van der Waals surface area contributed by atoms with Crippen LogP contribution in [0.4, 0.5) is 0 Å². The minimum Gasteiger partial charge on any atom is -0.348 e. The summed E-state index contributed by atoms with van der Waals surface area (Å²) >= 11 is 5.95. The van der Waals surface area contributed by atoms with E-state index in [4.69, 9.17) is 11.6 Å². The van der Waals surface area contributed by atoms with Crippen LogP contribution < -0.4 is 10.6 Å². The van der Waals surface area contributed by atoms with Crippen molar-refractivity contribution in [3.63, 3.8) is 0 Å². The molecule has 0 bridgehead atoms. The summed E-state index contributed by atoms with van der Waals surface area (Å²) < 4.78 is 0. The molecule has 1 aliphatic heterocycles. The van der Waals surface area contributed by atoms with E-state index in [1.165, 1.54) is 0 Å². The van der Waals surface area contributed by atoms with Crippen molar-refractivity contribution in [1.29, 1.82) is 0 Å². The zero-order valence-corrected chi connectivity index (χ0v) is 11.6. The standard InChI is InChI=1S/C14H19ClN2O/c1-10(11-5-3-6-12(15)9-11)17-13(18)14(2)7-4-8-16-14/h3,5-6,9-10,16H,4,7-8H2,1-2H3,(H,17,18)/t10-,14?/m0/s1. The summed E-state index contributed by atoms with van der Waals surface area (Å²) in [5.41, 5.74) is 0.602. The van der Waals surface area contributed by atoms with Gasteiger partial charge in [0.25, 0.3) is 0 Å². The van der Waals surface area contributed by atoms with Crippen LogP contribution in [0.1, 0.15) is 38.3 Å². The topological polar surface area (TPSA) is 41.1 Å². The second-order valence-corrected chi connectivity index (χ2v) is 5.55. The second-order valence-electron chi connectivity index (χ2n) is 5.11. The molecule has 2 rings (SSSR count). The number of nitrogens with one attached hydrogen (secondary N) is 2. The fourth-order valence-corrected chi connectivity index (χ4v) is 2.50. The number of benzene rings is 1. The molecular weight excluding hydrogens is 248 g/mol. The van der Waals surface area contributed by atoms with Crippen LogP contribution in [-0.4, -0.2) is 18.0 Å². The normalized spacial score (nSPS) is 24.8. The molecule has 18 heavy (non-hydrogen) atoms. The molecule has 0 spiro atoms. The Balaban J connectivity index is 2.03. The number of halogens is 1. The lowest BCUT2D eigenvalue weighted by Crippen LogP contribution is -2.51. The molecule has 0 aliphatic carbocycles. The first kappa shape index (κ1) is 13.4. The van der Waals surface area contributed by atoms with Gasteiger partial charge in [0.15, 0.2) is 0 Å². The van der Waals surface area contributed by atoms with Gasteiger partial charge in [-0.1, -0.05) is 23.7 Å². The lowest BCUT2D eigenvalue weighted by molar-refractivity contribution is -0.127. The van der Waals surface area contributed by atoms with Gasteiger partial charge in [-0.15, -0.1) is 0 Å². The van der Waals surface area contributed by atoms with Crippen molar-refractivity contribution in [3.05, 3.63) is 34.9 Å². The fraction of sp³-hybridized carbons (Fsp3) is 0.500. The first-order valence-corrected chi connectivity index (χ1v) is 6.70. The molecule has 0 radical (unpaired) electrons. The Bertz CT molecular complexity index is 441. The number of carbonyl (C=O) groups excluding carboxylic acids is 1. The Morgan fingerprint density at radius 1 is 1.56 bits per heavy atom. The van der Waals surface area contributed by atoms with Gasteiger partial charge in [0, 0.05) is 5.02 Å². The third-order valence-corrected chi connectivity index (χ3v) is 3.80. The monoisotopic (exact) mass is 266 g/mol. The maximum atomic E-state index is 12.2. The van der Waals surface area contributed by atoms with Gasteiger partial charge in [-0.2, -0.15) is 0 Å². The molecule has 1 amide bonds. The number of hydrogen-bond acceptors (Lipinski definition) is 2. The van der Waals surface area contributed by atoms with Crippen molar-refractivity contribution in [2.45, 2.75) is 38.3 Å². The summed E-state index contributed by atoms with van der Waals surface area (Å²) in [7, 11) is 0. The van der Waals surface area contributed by atoms with E-state index in [1.54, 1.807) is 0 Å². The molecule has 2 N–H and O–H groups in total. The van der Waals surface area contributed by atoms with Gasteiger partial charge < -0.3 is 10.6 Å². The highest BCUT2D eigenvalue weighted by Gasteiger charge is 2.36. The minimum absolute atomic E-state index is 0.0320. The summed E-state index contributed by atoms with van der Waals surface area (Å²) in [5.74, 6) is 0.0625. The number of hydrogen-bond donors (Lipinski definition) is 2. The largest absolute Gasteiger partial charge is 0.348 e. The van der Waals surface area contributed by atoms with Crippen LogP contribution in [0.2, 0.25) is 5.02 Å². The van der Waals surface area contributed by atoms with Gasteiger partial charge in [0.05, 0.1) is 11.6 Å². The lowest BCUT2D eigenvalue weighted by Gasteiger charge is -2.26. The maximum absolute atomic E-state index is 12.2. The molecule has 1 unspecified atom stereocenters. The Kier molecular flexibility index (Phi) is 3.93. The Morgan fingerprint density at radius 3 is 2.94 bits per heavy atom. The minimum atomic E-state index is -0.424. The summed E-state index contributed by atoms with van der Waals surface area (Å²) in [5, 5.41) is 7.00. The predicted octanol–water partition coefficient (Wildman–Crippen LogP) is 2.66. The van der Waals surface area contributed by atoms with E-state index in [9.17, 15) is 4.79 Å². The van der Waals surface area contributed by atoms with Crippen LogP contribution in [0.15, 0.2) is 24.3 Å². The van der Waals surface area contributed by atoms with Gasteiger partial charge in [0.1, 0.15) is 0 Å². The molecule has 1 saturated heterocycles. The van der Waals surface area contributed by atoms with Crippen LogP contribution >= 0.6 is 11.6 Å². The van der Waals surface area contributed by atoms with E-state index in [0.29, 0.717) is 5.02 Å². The Labute approximate surface area is 113 Å². The van der Waals surface area contributed by atoms with Crippen LogP contribution in [0.25, 0.3) is 0 Å². The number of rotatable bonds is 3. The average molecular weight is 267 g/mol. The van der Waals surface area contributed by atoms with E-state index in [1.807, 2.05) is 38.1 Å². The van der Waals surface area contributed by atoms with E-state index >= 15 is 0 Å². The van der Waals surface area contributed by atoms with Gasteiger partial charge >= 0.3 is 0 Å². The van der Waals surface area contributed by atoms with Crippen LogP contribution in [0, 0.1) is 0 Å². The predicted molar refractivity (Wildman–Crippen MR) is 73.7 cm³/mol. The van der Waals surface area contributed by atoms with Crippen molar-refractivity contribution < 1.29 is 4.79 Å². The van der Waals surface area contributed by atoms with E-state index in [2.05, 4.69) is 10.6 Å². The molecule has 0 aromatic heterocycles. The molecule has 0 saturated carbocycles. The fourth-order valence-electron chi connectivity index (χ4n) is 2.30. The van der Waals surface area contributed by atoms with Gasteiger partial charge in [-0.05, 0) is 50.9 Å². The molecule has 1 heterocycles. The van der Waals surface area contributed by atoms with Crippen LogP contribution in [-0.2, 0) is 4.79 Å². The quantitative estimate of drug-likeness (QED) is 0.883. The summed E-state index contributed by atoms with van der Waals surface area (Å²) in [6.45, 7) is 4.84. The third kappa shape index (κ3) is 2.85. The molecule has 4 heteroatoms. The highest BCUT2D eigenvalue weighted by atomic mass is 35.5. The Morgan fingerprint density at radius 2 is 2.33 bits per heavy atom. The number of amides is 1. The van der Waals surface area contributed by atoms with Crippen molar-refractivity contribution in [2.24, 2.45) is 0 Å². The number of carbonyl (C=O) groups is 1. The molecule has 1 fully saturated rings. The molecule has 1 aromatic carbocycles. The average Bonchev–Trinajstić information content (AvgIpc) is 2.77. The van der Waals surface area contributed by atoms with E-state index < -0.39 is 5.54 Å².